The molecular weight excluding hydrogens is 330 g/mol. The third-order valence-corrected chi connectivity index (χ3v) is 3.67. The monoisotopic (exact) mass is 343 g/mol. The lowest BCUT2D eigenvalue weighted by Crippen LogP contribution is -1.95. The number of halogens is 1. The zero-order valence-corrected chi connectivity index (χ0v) is 13.0. The molecule has 0 fully saturated rings. The molecule has 1 heterocycles. The summed E-state index contributed by atoms with van der Waals surface area (Å²) in [7, 11) is 1.65. The van der Waals surface area contributed by atoms with E-state index in [9.17, 15) is 0 Å². The standard InChI is InChI=1S/C16H14BrN3O/c1-21-14-7-5-13(6-8-14)20-10-15(18)16(19-20)11-3-2-4-12(17)9-11/h2-10H,18H2,1H3. The van der Waals surface area contributed by atoms with Gasteiger partial charge in [-0.2, -0.15) is 5.10 Å². The smallest absolute Gasteiger partial charge is 0.119 e. The maximum Gasteiger partial charge on any atom is 0.119 e. The molecule has 0 bridgehead atoms. The molecule has 3 aromatic rings. The van der Waals surface area contributed by atoms with E-state index in [-0.39, 0.29) is 0 Å². The van der Waals surface area contributed by atoms with Crippen LogP contribution in [0.4, 0.5) is 5.69 Å². The minimum absolute atomic E-state index is 0.643. The summed E-state index contributed by atoms with van der Waals surface area (Å²) in [5.41, 5.74) is 9.42. The lowest BCUT2D eigenvalue weighted by Gasteiger charge is -2.03. The van der Waals surface area contributed by atoms with Crippen LogP contribution in [0.5, 0.6) is 5.75 Å². The average Bonchev–Trinajstić information content (AvgIpc) is 2.89. The first-order chi connectivity index (χ1) is 10.2. The van der Waals surface area contributed by atoms with Gasteiger partial charge in [0.25, 0.3) is 0 Å². The summed E-state index contributed by atoms with van der Waals surface area (Å²) in [4.78, 5) is 0. The number of benzene rings is 2. The topological polar surface area (TPSA) is 53.1 Å². The Balaban J connectivity index is 2.00. The van der Waals surface area contributed by atoms with Gasteiger partial charge in [0.1, 0.15) is 11.4 Å². The lowest BCUT2D eigenvalue weighted by atomic mass is 10.1. The summed E-state index contributed by atoms with van der Waals surface area (Å²) >= 11 is 3.46. The van der Waals surface area contributed by atoms with E-state index in [1.807, 2.05) is 54.7 Å². The zero-order valence-electron chi connectivity index (χ0n) is 11.5. The number of nitrogens with zero attached hydrogens (tertiary/aromatic N) is 2. The van der Waals surface area contributed by atoms with Crippen LogP contribution in [0.3, 0.4) is 0 Å². The normalized spacial score (nSPS) is 10.6. The van der Waals surface area contributed by atoms with Gasteiger partial charge in [-0.15, -0.1) is 0 Å². The second-order valence-corrected chi connectivity index (χ2v) is 5.50. The number of methoxy groups -OCH3 is 1. The number of nitrogens with two attached hydrogens (primary N) is 1. The van der Waals surface area contributed by atoms with E-state index in [4.69, 9.17) is 10.5 Å². The summed E-state index contributed by atoms with van der Waals surface area (Å²) < 4.78 is 7.92. The molecule has 0 atom stereocenters. The van der Waals surface area contributed by atoms with Crippen molar-refractivity contribution >= 4 is 21.6 Å². The molecule has 0 amide bonds. The fraction of sp³-hybridized carbons (Fsp3) is 0.0625. The van der Waals surface area contributed by atoms with Crippen LogP contribution in [0, 0.1) is 0 Å². The van der Waals surface area contributed by atoms with Gasteiger partial charge in [0.2, 0.25) is 0 Å². The molecule has 4 nitrogen and oxygen atoms in total. The van der Waals surface area contributed by atoms with Crippen LogP contribution in [0.15, 0.2) is 59.2 Å². The molecule has 3 rings (SSSR count). The Morgan fingerprint density at radius 3 is 2.57 bits per heavy atom. The van der Waals surface area contributed by atoms with E-state index in [1.165, 1.54) is 0 Å². The maximum absolute atomic E-state index is 6.09. The Morgan fingerprint density at radius 2 is 1.90 bits per heavy atom. The van der Waals surface area contributed by atoms with Crippen LogP contribution in [0.1, 0.15) is 0 Å². The molecule has 0 radical (unpaired) electrons. The number of nitrogen functional groups attached to an aromatic ring is 1. The third-order valence-electron chi connectivity index (χ3n) is 3.18. The fourth-order valence-corrected chi connectivity index (χ4v) is 2.51. The number of hydrogen-bond acceptors (Lipinski definition) is 3. The molecule has 0 saturated carbocycles. The van der Waals surface area contributed by atoms with Crippen molar-refractivity contribution in [1.29, 1.82) is 0 Å². The Hall–Kier alpha value is -2.27. The highest BCUT2D eigenvalue weighted by molar-refractivity contribution is 9.10. The number of anilines is 1. The highest BCUT2D eigenvalue weighted by Gasteiger charge is 2.10. The van der Waals surface area contributed by atoms with Crippen molar-refractivity contribution in [3.8, 4) is 22.7 Å². The molecule has 0 aliphatic rings. The van der Waals surface area contributed by atoms with E-state index in [2.05, 4.69) is 21.0 Å². The van der Waals surface area contributed by atoms with Gasteiger partial charge in [0, 0.05) is 10.0 Å². The SMILES string of the molecule is COc1ccc(-n2cc(N)c(-c3cccc(Br)c3)n2)cc1. The van der Waals surface area contributed by atoms with Crippen LogP contribution in [0.2, 0.25) is 0 Å². The number of aromatic nitrogens is 2. The van der Waals surface area contributed by atoms with Crippen LogP contribution in [-0.4, -0.2) is 16.9 Å². The number of rotatable bonds is 3. The molecule has 21 heavy (non-hydrogen) atoms. The van der Waals surface area contributed by atoms with Crippen LogP contribution >= 0.6 is 15.9 Å². The first kappa shape index (κ1) is 13.7. The Kier molecular flexibility index (Phi) is 3.66. The Morgan fingerprint density at radius 1 is 1.14 bits per heavy atom. The molecule has 106 valence electrons. The molecule has 2 aromatic carbocycles. The van der Waals surface area contributed by atoms with E-state index < -0.39 is 0 Å². The van der Waals surface area contributed by atoms with Gasteiger partial charge in [0.05, 0.1) is 24.7 Å². The van der Waals surface area contributed by atoms with E-state index in [1.54, 1.807) is 11.8 Å². The van der Waals surface area contributed by atoms with Gasteiger partial charge >= 0.3 is 0 Å². The van der Waals surface area contributed by atoms with Crippen molar-refractivity contribution in [1.82, 2.24) is 9.78 Å². The van der Waals surface area contributed by atoms with Crippen molar-refractivity contribution < 1.29 is 4.74 Å². The first-order valence-corrected chi connectivity index (χ1v) is 7.22. The average molecular weight is 344 g/mol. The molecule has 0 unspecified atom stereocenters. The molecule has 0 aliphatic heterocycles. The predicted molar refractivity (Wildman–Crippen MR) is 87.7 cm³/mol. The summed E-state index contributed by atoms with van der Waals surface area (Å²) in [6.45, 7) is 0. The molecule has 0 spiro atoms. The van der Waals surface area contributed by atoms with Gasteiger partial charge in [0.15, 0.2) is 0 Å². The highest BCUT2D eigenvalue weighted by Crippen LogP contribution is 2.27. The summed E-state index contributed by atoms with van der Waals surface area (Å²) in [5, 5.41) is 4.58. The number of ether oxygens (including phenoxy) is 1. The molecular formula is C16H14BrN3O. The highest BCUT2D eigenvalue weighted by atomic mass is 79.9. The first-order valence-electron chi connectivity index (χ1n) is 6.43. The second-order valence-electron chi connectivity index (χ2n) is 4.59. The van der Waals surface area contributed by atoms with Crippen molar-refractivity contribution in [2.24, 2.45) is 0 Å². The second kappa shape index (κ2) is 5.61. The summed E-state index contributed by atoms with van der Waals surface area (Å²) in [6.07, 6.45) is 1.82. The summed E-state index contributed by atoms with van der Waals surface area (Å²) in [6, 6.07) is 15.6. The molecule has 0 saturated heterocycles. The quantitative estimate of drug-likeness (QED) is 0.784. The zero-order chi connectivity index (χ0) is 14.8. The van der Waals surface area contributed by atoms with Crippen molar-refractivity contribution in [3.63, 3.8) is 0 Å². The van der Waals surface area contributed by atoms with E-state index in [0.717, 1.165) is 27.2 Å². The molecule has 2 N–H and O–H groups in total. The largest absolute Gasteiger partial charge is 0.497 e. The van der Waals surface area contributed by atoms with Gasteiger partial charge in [-0.3, -0.25) is 0 Å². The van der Waals surface area contributed by atoms with Crippen LogP contribution in [-0.2, 0) is 0 Å². The molecule has 5 heteroatoms. The maximum atomic E-state index is 6.09. The lowest BCUT2D eigenvalue weighted by molar-refractivity contribution is 0.414. The Bertz CT molecular complexity index is 765. The van der Waals surface area contributed by atoms with Gasteiger partial charge in [-0.1, -0.05) is 28.1 Å². The van der Waals surface area contributed by atoms with Crippen molar-refractivity contribution in [2.45, 2.75) is 0 Å². The van der Waals surface area contributed by atoms with Crippen LogP contribution < -0.4 is 10.5 Å². The van der Waals surface area contributed by atoms with Gasteiger partial charge in [-0.05, 0) is 36.4 Å². The van der Waals surface area contributed by atoms with Crippen molar-refractivity contribution in [2.75, 3.05) is 12.8 Å². The molecule has 0 aliphatic carbocycles. The fourth-order valence-electron chi connectivity index (χ4n) is 2.11. The van der Waals surface area contributed by atoms with Crippen molar-refractivity contribution in [3.05, 3.63) is 59.2 Å². The van der Waals surface area contributed by atoms with E-state index >= 15 is 0 Å². The number of hydrogen-bond donors (Lipinski definition) is 1. The van der Waals surface area contributed by atoms with Gasteiger partial charge in [-0.25, -0.2) is 4.68 Å². The Labute approximate surface area is 131 Å². The minimum Gasteiger partial charge on any atom is -0.497 e. The summed E-state index contributed by atoms with van der Waals surface area (Å²) in [5.74, 6) is 0.811. The van der Waals surface area contributed by atoms with E-state index in [0.29, 0.717) is 5.69 Å². The molecule has 1 aromatic heterocycles. The van der Waals surface area contributed by atoms with Gasteiger partial charge < -0.3 is 10.5 Å². The minimum atomic E-state index is 0.643. The van der Waals surface area contributed by atoms with Crippen LogP contribution in [0.25, 0.3) is 16.9 Å². The third kappa shape index (κ3) is 2.78. The predicted octanol–water partition coefficient (Wildman–Crippen LogP) is 3.89.